The van der Waals surface area contributed by atoms with Crippen LogP contribution in [0, 0.1) is 0 Å². The van der Waals surface area contributed by atoms with Crippen molar-refractivity contribution in [2.75, 3.05) is 19.7 Å². The molecule has 0 radical (unpaired) electrons. The molecule has 19 heavy (non-hydrogen) atoms. The molecule has 1 unspecified atom stereocenters. The highest BCUT2D eigenvalue weighted by atomic mass is 16.5. The van der Waals surface area contributed by atoms with E-state index in [2.05, 4.69) is 10.3 Å². The molecule has 1 aromatic heterocycles. The molecular weight excluding hydrogens is 240 g/mol. The SMILES string of the molecule is CCNCC(C)(O)COc1cccc2cccnc12. The second kappa shape index (κ2) is 5.99. The highest BCUT2D eigenvalue weighted by Crippen LogP contribution is 2.23. The second-order valence-electron chi connectivity index (χ2n) is 4.90. The van der Waals surface area contributed by atoms with Crippen LogP contribution >= 0.6 is 0 Å². The summed E-state index contributed by atoms with van der Waals surface area (Å²) < 4.78 is 5.73. The molecular formula is C15H20N2O2. The zero-order valence-electron chi connectivity index (χ0n) is 11.4. The van der Waals surface area contributed by atoms with Crippen molar-refractivity contribution in [3.05, 3.63) is 36.5 Å². The number of aromatic nitrogens is 1. The smallest absolute Gasteiger partial charge is 0.145 e. The maximum absolute atomic E-state index is 10.2. The molecule has 0 bridgehead atoms. The average molecular weight is 260 g/mol. The Morgan fingerprint density at radius 2 is 2.11 bits per heavy atom. The van der Waals surface area contributed by atoms with Crippen molar-refractivity contribution in [3.8, 4) is 5.75 Å². The van der Waals surface area contributed by atoms with Crippen molar-refractivity contribution in [3.63, 3.8) is 0 Å². The van der Waals surface area contributed by atoms with E-state index in [0.717, 1.165) is 17.4 Å². The van der Waals surface area contributed by atoms with Crippen LogP contribution in [0.3, 0.4) is 0 Å². The van der Waals surface area contributed by atoms with Crippen LogP contribution in [0.5, 0.6) is 5.75 Å². The number of likely N-dealkylation sites (N-methyl/N-ethyl adjacent to an activating group) is 1. The van der Waals surface area contributed by atoms with E-state index < -0.39 is 5.60 Å². The van der Waals surface area contributed by atoms with Crippen LogP contribution in [0.4, 0.5) is 0 Å². The van der Waals surface area contributed by atoms with Gasteiger partial charge in [-0.2, -0.15) is 0 Å². The number of nitrogens with one attached hydrogen (secondary N) is 1. The van der Waals surface area contributed by atoms with Gasteiger partial charge in [-0.3, -0.25) is 4.98 Å². The van der Waals surface area contributed by atoms with E-state index in [4.69, 9.17) is 4.74 Å². The van der Waals surface area contributed by atoms with Crippen molar-refractivity contribution in [1.82, 2.24) is 10.3 Å². The van der Waals surface area contributed by atoms with Crippen LogP contribution < -0.4 is 10.1 Å². The van der Waals surface area contributed by atoms with Crippen LogP contribution in [0.1, 0.15) is 13.8 Å². The van der Waals surface area contributed by atoms with Gasteiger partial charge in [0.05, 0.1) is 0 Å². The summed E-state index contributed by atoms with van der Waals surface area (Å²) in [5, 5.41) is 14.3. The van der Waals surface area contributed by atoms with Gasteiger partial charge in [-0.25, -0.2) is 0 Å². The summed E-state index contributed by atoms with van der Waals surface area (Å²) in [4.78, 5) is 4.32. The van der Waals surface area contributed by atoms with Gasteiger partial charge < -0.3 is 15.2 Å². The highest BCUT2D eigenvalue weighted by molar-refractivity contribution is 5.84. The lowest BCUT2D eigenvalue weighted by Gasteiger charge is -2.23. The lowest BCUT2D eigenvalue weighted by Crippen LogP contribution is -2.42. The molecule has 0 aliphatic rings. The zero-order chi connectivity index (χ0) is 13.7. The summed E-state index contributed by atoms with van der Waals surface area (Å²) in [6.07, 6.45) is 1.74. The number of fused-ring (bicyclic) bond motifs is 1. The van der Waals surface area contributed by atoms with Gasteiger partial charge in [-0.05, 0) is 25.6 Å². The van der Waals surface area contributed by atoms with Crippen LogP contribution in [0.25, 0.3) is 10.9 Å². The van der Waals surface area contributed by atoms with E-state index in [-0.39, 0.29) is 6.61 Å². The fourth-order valence-electron chi connectivity index (χ4n) is 1.87. The van der Waals surface area contributed by atoms with Crippen molar-refractivity contribution in [1.29, 1.82) is 0 Å². The number of nitrogens with zero attached hydrogens (tertiary/aromatic N) is 1. The molecule has 0 saturated carbocycles. The van der Waals surface area contributed by atoms with Gasteiger partial charge in [0.2, 0.25) is 0 Å². The van der Waals surface area contributed by atoms with Gasteiger partial charge in [0.15, 0.2) is 0 Å². The zero-order valence-corrected chi connectivity index (χ0v) is 11.4. The molecule has 2 N–H and O–H groups in total. The number of rotatable bonds is 6. The first kappa shape index (κ1) is 13.8. The fraction of sp³-hybridized carbons (Fsp3) is 0.400. The maximum Gasteiger partial charge on any atom is 0.145 e. The third kappa shape index (κ3) is 3.66. The predicted octanol–water partition coefficient (Wildman–Crippen LogP) is 1.97. The largest absolute Gasteiger partial charge is 0.488 e. The van der Waals surface area contributed by atoms with Gasteiger partial charge >= 0.3 is 0 Å². The van der Waals surface area contributed by atoms with Crippen LogP contribution in [-0.2, 0) is 0 Å². The fourth-order valence-corrected chi connectivity index (χ4v) is 1.87. The van der Waals surface area contributed by atoms with E-state index in [9.17, 15) is 5.11 Å². The summed E-state index contributed by atoms with van der Waals surface area (Å²) in [7, 11) is 0. The Morgan fingerprint density at radius 3 is 2.89 bits per heavy atom. The van der Waals surface area contributed by atoms with E-state index in [0.29, 0.717) is 12.3 Å². The van der Waals surface area contributed by atoms with Crippen LogP contribution in [-0.4, -0.2) is 35.4 Å². The minimum absolute atomic E-state index is 0.232. The number of ether oxygens (including phenoxy) is 1. The molecule has 2 rings (SSSR count). The lowest BCUT2D eigenvalue weighted by molar-refractivity contribution is 0.0132. The van der Waals surface area contributed by atoms with Crippen molar-refractivity contribution >= 4 is 10.9 Å². The van der Waals surface area contributed by atoms with Crippen molar-refractivity contribution < 1.29 is 9.84 Å². The summed E-state index contributed by atoms with van der Waals surface area (Å²) in [6.45, 7) is 5.32. The summed E-state index contributed by atoms with van der Waals surface area (Å²) in [5.41, 5.74) is -0.0725. The van der Waals surface area contributed by atoms with E-state index >= 15 is 0 Å². The molecule has 0 fully saturated rings. The quantitative estimate of drug-likeness (QED) is 0.834. The van der Waals surface area contributed by atoms with E-state index in [1.54, 1.807) is 13.1 Å². The molecule has 4 heteroatoms. The third-order valence-electron chi connectivity index (χ3n) is 2.89. The molecule has 102 valence electrons. The Bertz CT molecular complexity index is 535. The number of pyridine rings is 1. The minimum atomic E-state index is -0.896. The second-order valence-corrected chi connectivity index (χ2v) is 4.90. The Kier molecular flexibility index (Phi) is 4.35. The van der Waals surface area contributed by atoms with Crippen molar-refractivity contribution in [2.45, 2.75) is 19.4 Å². The Hall–Kier alpha value is -1.65. The van der Waals surface area contributed by atoms with E-state index in [1.807, 2.05) is 37.3 Å². The lowest BCUT2D eigenvalue weighted by atomic mass is 10.1. The molecule has 0 saturated heterocycles. The number of benzene rings is 1. The first-order chi connectivity index (χ1) is 9.12. The monoisotopic (exact) mass is 260 g/mol. The standard InChI is InChI=1S/C15H20N2O2/c1-3-16-10-15(2,18)11-19-13-8-4-6-12-7-5-9-17-14(12)13/h4-9,16,18H,3,10-11H2,1-2H3. The van der Waals surface area contributed by atoms with Gasteiger partial charge in [0.1, 0.15) is 23.5 Å². The molecule has 2 aromatic rings. The number of hydrogen-bond acceptors (Lipinski definition) is 4. The van der Waals surface area contributed by atoms with Crippen molar-refractivity contribution in [2.24, 2.45) is 0 Å². The first-order valence-electron chi connectivity index (χ1n) is 6.52. The number of aliphatic hydroxyl groups is 1. The van der Waals surface area contributed by atoms with Gasteiger partial charge in [0.25, 0.3) is 0 Å². The summed E-state index contributed by atoms with van der Waals surface area (Å²) in [6, 6.07) is 9.68. The number of hydrogen-bond donors (Lipinski definition) is 2. The molecule has 1 aromatic carbocycles. The molecule has 0 spiro atoms. The number of para-hydroxylation sites is 1. The Labute approximate surface area is 113 Å². The van der Waals surface area contributed by atoms with Crippen LogP contribution in [0.2, 0.25) is 0 Å². The van der Waals surface area contributed by atoms with Gasteiger partial charge in [0, 0.05) is 18.1 Å². The summed E-state index contributed by atoms with van der Waals surface area (Å²) in [5.74, 6) is 0.704. The molecule has 1 atom stereocenters. The molecule has 0 aliphatic heterocycles. The van der Waals surface area contributed by atoms with E-state index in [1.165, 1.54) is 0 Å². The Morgan fingerprint density at radius 1 is 1.32 bits per heavy atom. The summed E-state index contributed by atoms with van der Waals surface area (Å²) >= 11 is 0. The first-order valence-corrected chi connectivity index (χ1v) is 6.52. The maximum atomic E-state index is 10.2. The molecule has 1 heterocycles. The minimum Gasteiger partial charge on any atom is -0.488 e. The highest BCUT2D eigenvalue weighted by Gasteiger charge is 2.21. The van der Waals surface area contributed by atoms with Gasteiger partial charge in [-0.15, -0.1) is 0 Å². The van der Waals surface area contributed by atoms with Gasteiger partial charge in [-0.1, -0.05) is 25.1 Å². The molecule has 0 amide bonds. The predicted molar refractivity (Wildman–Crippen MR) is 76.4 cm³/mol. The molecule has 0 aliphatic carbocycles. The Balaban J connectivity index is 2.09. The van der Waals surface area contributed by atoms with Crippen LogP contribution in [0.15, 0.2) is 36.5 Å². The molecule has 4 nitrogen and oxygen atoms in total. The topological polar surface area (TPSA) is 54.4 Å². The average Bonchev–Trinajstić information content (AvgIpc) is 2.43. The normalized spacial score (nSPS) is 14.3. The third-order valence-corrected chi connectivity index (χ3v) is 2.89.